The second-order valence-corrected chi connectivity index (χ2v) is 6.73. The van der Waals surface area contributed by atoms with E-state index < -0.39 is 0 Å². The van der Waals surface area contributed by atoms with Gasteiger partial charge in [0.1, 0.15) is 12.7 Å². The van der Waals surface area contributed by atoms with Crippen molar-refractivity contribution in [2.24, 2.45) is 0 Å². The zero-order valence-corrected chi connectivity index (χ0v) is 13.2. The molecule has 3 rings (SSSR count). The Kier molecular flexibility index (Phi) is 4.64. The molecular formula is C13H14N4O3S2. The molecule has 22 heavy (non-hydrogen) atoms. The number of nitrogens with zero attached hydrogens (tertiary/aromatic N) is 2. The van der Waals surface area contributed by atoms with E-state index in [9.17, 15) is 4.79 Å². The Morgan fingerprint density at radius 1 is 1.41 bits per heavy atom. The highest BCUT2D eigenvalue weighted by Crippen LogP contribution is 2.30. The summed E-state index contributed by atoms with van der Waals surface area (Å²) in [6.45, 7) is 0.809. The standard InChI is InChI=1S/C13H14N4O3S2/c14-12-16-17-13(22-12)21-7-11(18)15-5-8-6-19-9-3-1-2-4-10(9)20-8/h1-4,8H,5-7H2,(H2,14,16)(H,15,18). The molecule has 0 aliphatic carbocycles. The fraction of sp³-hybridized carbons (Fsp3) is 0.308. The summed E-state index contributed by atoms with van der Waals surface area (Å²) in [6.07, 6.45) is -0.193. The van der Waals surface area contributed by atoms with Gasteiger partial charge in [-0.3, -0.25) is 4.79 Å². The second kappa shape index (κ2) is 6.84. The van der Waals surface area contributed by atoms with E-state index in [0.29, 0.717) is 28.4 Å². The van der Waals surface area contributed by atoms with Crippen LogP contribution in [-0.4, -0.2) is 41.1 Å². The van der Waals surface area contributed by atoms with E-state index in [1.165, 1.54) is 23.1 Å². The van der Waals surface area contributed by atoms with Crippen molar-refractivity contribution < 1.29 is 14.3 Å². The predicted octanol–water partition coefficient (Wildman–Crippen LogP) is 1.17. The van der Waals surface area contributed by atoms with Crippen LogP contribution in [0.25, 0.3) is 0 Å². The van der Waals surface area contributed by atoms with Gasteiger partial charge in [0.05, 0.1) is 12.3 Å². The minimum atomic E-state index is -0.193. The number of hydrogen-bond donors (Lipinski definition) is 2. The van der Waals surface area contributed by atoms with Crippen LogP contribution in [0.15, 0.2) is 28.6 Å². The molecule has 1 aliphatic heterocycles. The molecule has 2 aromatic rings. The average Bonchev–Trinajstić information content (AvgIpc) is 2.96. The monoisotopic (exact) mass is 338 g/mol. The number of carbonyl (C=O) groups is 1. The lowest BCUT2D eigenvalue weighted by Crippen LogP contribution is -2.41. The number of ether oxygens (including phenoxy) is 2. The molecule has 116 valence electrons. The number of nitrogens with two attached hydrogens (primary N) is 1. The van der Waals surface area contributed by atoms with Gasteiger partial charge in [0.2, 0.25) is 11.0 Å². The third kappa shape index (κ3) is 3.80. The Labute approximate surface area is 135 Å². The zero-order chi connectivity index (χ0) is 15.4. The minimum Gasteiger partial charge on any atom is -0.486 e. The minimum absolute atomic E-state index is 0.0961. The van der Waals surface area contributed by atoms with Gasteiger partial charge in [0.25, 0.3) is 0 Å². The number of benzene rings is 1. The van der Waals surface area contributed by atoms with Gasteiger partial charge in [-0.2, -0.15) is 0 Å². The van der Waals surface area contributed by atoms with Gasteiger partial charge in [0, 0.05) is 0 Å². The summed E-state index contributed by atoms with van der Waals surface area (Å²) in [5.74, 6) is 1.60. The number of amides is 1. The molecule has 0 radical (unpaired) electrons. The Bertz CT molecular complexity index is 664. The molecule has 1 unspecified atom stereocenters. The van der Waals surface area contributed by atoms with Crippen LogP contribution >= 0.6 is 23.1 Å². The van der Waals surface area contributed by atoms with E-state index >= 15 is 0 Å². The molecule has 7 nitrogen and oxygen atoms in total. The van der Waals surface area contributed by atoms with Gasteiger partial charge < -0.3 is 20.5 Å². The van der Waals surface area contributed by atoms with Gasteiger partial charge in [-0.1, -0.05) is 35.2 Å². The number of hydrogen-bond acceptors (Lipinski definition) is 8. The van der Waals surface area contributed by atoms with Crippen molar-refractivity contribution >= 4 is 34.1 Å². The van der Waals surface area contributed by atoms with Crippen LogP contribution in [0.4, 0.5) is 5.13 Å². The number of para-hydroxylation sites is 2. The van der Waals surface area contributed by atoms with Gasteiger partial charge in [-0.25, -0.2) is 0 Å². The highest BCUT2D eigenvalue weighted by molar-refractivity contribution is 8.01. The number of rotatable bonds is 5. The van der Waals surface area contributed by atoms with Crippen molar-refractivity contribution in [3.8, 4) is 11.5 Å². The SMILES string of the molecule is Nc1nnc(SCC(=O)NCC2COc3ccccc3O2)s1. The topological polar surface area (TPSA) is 99.4 Å². The maximum absolute atomic E-state index is 11.8. The number of aromatic nitrogens is 2. The number of nitrogen functional groups attached to an aromatic ring is 1. The lowest BCUT2D eigenvalue weighted by Gasteiger charge is -2.26. The molecule has 3 N–H and O–H groups in total. The van der Waals surface area contributed by atoms with Gasteiger partial charge >= 0.3 is 0 Å². The zero-order valence-electron chi connectivity index (χ0n) is 11.5. The normalized spacial score (nSPS) is 16.3. The maximum Gasteiger partial charge on any atom is 0.230 e. The van der Waals surface area contributed by atoms with Crippen molar-refractivity contribution in [1.82, 2.24) is 15.5 Å². The first-order valence-electron chi connectivity index (χ1n) is 6.57. The van der Waals surface area contributed by atoms with E-state index in [1.54, 1.807) is 0 Å². The molecule has 0 saturated heterocycles. The quantitative estimate of drug-likeness (QED) is 0.789. The predicted molar refractivity (Wildman–Crippen MR) is 84.4 cm³/mol. The van der Waals surface area contributed by atoms with Crippen molar-refractivity contribution in [2.75, 3.05) is 24.6 Å². The number of carbonyl (C=O) groups excluding carboxylic acids is 1. The fourth-order valence-electron chi connectivity index (χ4n) is 1.85. The molecule has 9 heteroatoms. The molecule has 0 bridgehead atoms. The molecule has 1 aromatic heterocycles. The Balaban J connectivity index is 1.42. The molecule has 0 saturated carbocycles. The molecule has 1 aromatic carbocycles. The largest absolute Gasteiger partial charge is 0.486 e. The summed E-state index contributed by atoms with van der Waals surface area (Å²) in [4.78, 5) is 11.8. The molecule has 0 spiro atoms. The van der Waals surface area contributed by atoms with E-state index in [1.807, 2.05) is 24.3 Å². The smallest absolute Gasteiger partial charge is 0.230 e. The van der Waals surface area contributed by atoms with Crippen LogP contribution in [0.3, 0.4) is 0 Å². The molecule has 2 heterocycles. The first kappa shape index (κ1) is 14.9. The highest BCUT2D eigenvalue weighted by atomic mass is 32.2. The van der Waals surface area contributed by atoms with Crippen LogP contribution in [0, 0.1) is 0 Å². The second-order valence-electron chi connectivity index (χ2n) is 4.50. The first-order chi connectivity index (χ1) is 10.7. The number of thioether (sulfide) groups is 1. The van der Waals surface area contributed by atoms with Crippen LogP contribution in [-0.2, 0) is 4.79 Å². The first-order valence-corrected chi connectivity index (χ1v) is 8.38. The summed E-state index contributed by atoms with van der Waals surface area (Å²) in [6, 6.07) is 7.48. The molecule has 1 amide bonds. The Hall–Kier alpha value is -2.00. The number of fused-ring (bicyclic) bond motifs is 1. The summed E-state index contributed by atoms with van der Waals surface area (Å²) in [5, 5.41) is 10.8. The van der Waals surface area contributed by atoms with E-state index in [-0.39, 0.29) is 17.8 Å². The van der Waals surface area contributed by atoms with E-state index in [4.69, 9.17) is 15.2 Å². The van der Waals surface area contributed by atoms with Crippen molar-refractivity contribution in [3.05, 3.63) is 24.3 Å². The lowest BCUT2D eigenvalue weighted by atomic mass is 10.2. The highest BCUT2D eigenvalue weighted by Gasteiger charge is 2.21. The maximum atomic E-state index is 11.8. The van der Waals surface area contributed by atoms with Gasteiger partial charge in [-0.05, 0) is 12.1 Å². The molecule has 1 aliphatic rings. The van der Waals surface area contributed by atoms with Crippen LogP contribution in [0.5, 0.6) is 11.5 Å². The summed E-state index contributed by atoms with van der Waals surface area (Å²) >= 11 is 2.57. The van der Waals surface area contributed by atoms with Gasteiger partial charge in [-0.15, -0.1) is 10.2 Å². The Morgan fingerprint density at radius 3 is 3.00 bits per heavy atom. The lowest BCUT2D eigenvalue weighted by molar-refractivity contribution is -0.119. The molecule has 0 fully saturated rings. The Morgan fingerprint density at radius 2 is 2.23 bits per heavy atom. The van der Waals surface area contributed by atoms with Crippen molar-refractivity contribution in [3.63, 3.8) is 0 Å². The fourth-order valence-corrected chi connectivity index (χ4v) is 3.31. The number of anilines is 1. The van der Waals surface area contributed by atoms with E-state index in [2.05, 4.69) is 15.5 Å². The number of nitrogens with one attached hydrogen (secondary N) is 1. The van der Waals surface area contributed by atoms with Crippen LogP contribution in [0.2, 0.25) is 0 Å². The molecular weight excluding hydrogens is 324 g/mol. The summed E-state index contributed by atoms with van der Waals surface area (Å²) in [5.41, 5.74) is 5.48. The molecule has 1 atom stereocenters. The summed E-state index contributed by atoms with van der Waals surface area (Å²) in [7, 11) is 0. The third-order valence-electron chi connectivity index (χ3n) is 2.84. The van der Waals surface area contributed by atoms with Gasteiger partial charge in [0.15, 0.2) is 15.8 Å². The van der Waals surface area contributed by atoms with Crippen molar-refractivity contribution in [1.29, 1.82) is 0 Å². The third-order valence-corrected chi connectivity index (χ3v) is 4.73. The van der Waals surface area contributed by atoms with Crippen LogP contribution < -0.4 is 20.5 Å². The summed E-state index contributed by atoms with van der Waals surface area (Å²) < 4.78 is 12.0. The van der Waals surface area contributed by atoms with Crippen molar-refractivity contribution in [2.45, 2.75) is 10.4 Å². The average molecular weight is 338 g/mol. The van der Waals surface area contributed by atoms with E-state index in [0.717, 1.165) is 5.75 Å². The van der Waals surface area contributed by atoms with Crippen LogP contribution in [0.1, 0.15) is 0 Å².